The molecule has 2 heterocycles. The summed E-state index contributed by atoms with van der Waals surface area (Å²) < 4.78 is 5.48. The van der Waals surface area contributed by atoms with Gasteiger partial charge in [0.2, 0.25) is 0 Å². The summed E-state index contributed by atoms with van der Waals surface area (Å²) in [5, 5.41) is 9.30. The third-order valence-electron chi connectivity index (χ3n) is 4.25. The van der Waals surface area contributed by atoms with Crippen molar-refractivity contribution in [2.75, 3.05) is 19.7 Å². The molecule has 1 amide bonds. The lowest BCUT2D eigenvalue weighted by atomic mass is 9.84. The van der Waals surface area contributed by atoms with Crippen LogP contribution in [0, 0.1) is 5.41 Å². The van der Waals surface area contributed by atoms with E-state index in [9.17, 15) is 14.7 Å². The molecule has 2 aliphatic rings. The summed E-state index contributed by atoms with van der Waals surface area (Å²) in [5.74, 6) is -0.809. The van der Waals surface area contributed by atoms with Gasteiger partial charge in [-0.3, -0.25) is 9.59 Å². The van der Waals surface area contributed by atoms with Gasteiger partial charge >= 0.3 is 5.97 Å². The van der Waals surface area contributed by atoms with Crippen molar-refractivity contribution in [3.63, 3.8) is 0 Å². The van der Waals surface area contributed by atoms with Gasteiger partial charge in [-0.25, -0.2) is 0 Å². The number of nitrogens with zero attached hydrogens (tertiary/aromatic N) is 1. The van der Waals surface area contributed by atoms with E-state index in [1.54, 1.807) is 4.90 Å². The number of likely N-dealkylation sites (tertiary alicyclic amines) is 1. The van der Waals surface area contributed by atoms with Crippen molar-refractivity contribution < 1.29 is 19.4 Å². The van der Waals surface area contributed by atoms with Crippen LogP contribution in [0.1, 0.15) is 39.0 Å². The minimum absolute atomic E-state index is 0.0220. The molecule has 5 nitrogen and oxygen atoms in total. The lowest BCUT2D eigenvalue weighted by Crippen LogP contribution is -2.43. The van der Waals surface area contributed by atoms with Crippen molar-refractivity contribution in [1.82, 2.24) is 4.90 Å². The number of hydrogen-bond donors (Lipinski definition) is 1. The second kappa shape index (κ2) is 5.26. The fraction of sp³-hybridized carbons (Fsp3) is 0.846. The van der Waals surface area contributed by atoms with Crippen molar-refractivity contribution in [3.05, 3.63) is 0 Å². The number of carboxylic acid groups (broad SMARTS) is 1. The van der Waals surface area contributed by atoms with Crippen LogP contribution >= 0.6 is 0 Å². The molecule has 2 aliphatic heterocycles. The number of carbonyl (C=O) groups excluding carboxylic acids is 1. The Hall–Kier alpha value is -1.10. The summed E-state index contributed by atoms with van der Waals surface area (Å²) in [7, 11) is 0. The van der Waals surface area contributed by atoms with Crippen LogP contribution in [-0.2, 0) is 14.3 Å². The highest BCUT2D eigenvalue weighted by molar-refractivity contribution is 5.83. The molecule has 2 fully saturated rings. The molecule has 1 N–H and O–H groups in total. The van der Waals surface area contributed by atoms with Gasteiger partial charge in [0.15, 0.2) is 0 Å². The van der Waals surface area contributed by atoms with Crippen LogP contribution < -0.4 is 0 Å². The zero-order valence-corrected chi connectivity index (χ0v) is 10.9. The summed E-state index contributed by atoms with van der Waals surface area (Å²) in [5.41, 5.74) is -0.746. The van der Waals surface area contributed by atoms with Gasteiger partial charge in [0.1, 0.15) is 6.10 Å². The van der Waals surface area contributed by atoms with Crippen LogP contribution in [0.15, 0.2) is 0 Å². The highest BCUT2D eigenvalue weighted by Crippen LogP contribution is 2.35. The standard InChI is InChI=1S/C13H21NO4/c1-2-13(12(16)17)6-7-14(9-13)11(15)10-5-3-4-8-18-10/h10H,2-9H2,1H3,(H,16,17). The largest absolute Gasteiger partial charge is 0.481 e. The molecular weight excluding hydrogens is 234 g/mol. The van der Waals surface area contributed by atoms with E-state index < -0.39 is 11.4 Å². The Labute approximate surface area is 107 Å². The molecule has 0 radical (unpaired) electrons. The highest BCUT2D eigenvalue weighted by atomic mass is 16.5. The molecule has 2 unspecified atom stereocenters. The van der Waals surface area contributed by atoms with Crippen molar-refractivity contribution in [2.24, 2.45) is 5.41 Å². The van der Waals surface area contributed by atoms with Crippen molar-refractivity contribution in [2.45, 2.75) is 45.1 Å². The molecule has 18 heavy (non-hydrogen) atoms. The molecule has 0 aromatic carbocycles. The maximum absolute atomic E-state index is 12.2. The number of rotatable bonds is 3. The minimum Gasteiger partial charge on any atom is -0.481 e. The Kier molecular flexibility index (Phi) is 3.90. The van der Waals surface area contributed by atoms with E-state index in [-0.39, 0.29) is 12.0 Å². The van der Waals surface area contributed by atoms with E-state index >= 15 is 0 Å². The van der Waals surface area contributed by atoms with E-state index in [0.717, 1.165) is 19.3 Å². The molecule has 0 aliphatic carbocycles. The Morgan fingerprint density at radius 3 is 2.72 bits per heavy atom. The molecule has 0 saturated carbocycles. The van der Waals surface area contributed by atoms with Gasteiger partial charge in [0.25, 0.3) is 5.91 Å². The molecule has 0 aromatic heterocycles. The van der Waals surface area contributed by atoms with E-state index in [1.807, 2.05) is 6.92 Å². The first-order valence-electron chi connectivity index (χ1n) is 6.73. The Bertz CT molecular complexity index is 338. The monoisotopic (exact) mass is 255 g/mol. The molecule has 102 valence electrons. The highest BCUT2D eigenvalue weighted by Gasteiger charge is 2.45. The smallest absolute Gasteiger partial charge is 0.311 e. The molecule has 0 bridgehead atoms. The predicted octanol–water partition coefficient (Wildman–Crippen LogP) is 1.27. The average molecular weight is 255 g/mol. The number of carbonyl (C=O) groups is 2. The maximum atomic E-state index is 12.2. The first-order chi connectivity index (χ1) is 8.59. The lowest BCUT2D eigenvalue weighted by Gasteiger charge is -2.28. The minimum atomic E-state index is -0.787. The number of aliphatic carboxylic acids is 1. The van der Waals surface area contributed by atoms with Gasteiger partial charge in [-0.05, 0) is 32.1 Å². The Morgan fingerprint density at radius 1 is 1.44 bits per heavy atom. The first-order valence-corrected chi connectivity index (χ1v) is 6.73. The maximum Gasteiger partial charge on any atom is 0.311 e. The number of hydrogen-bond acceptors (Lipinski definition) is 3. The molecule has 0 aromatic rings. The molecule has 2 atom stereocenters. The van der Waals surface area contributed by atoms with Gasteiger partial charge in [-0.1, -0.05) is 6.92 Å². The molecule has 0 spiro atoms. The molecule has 5 heteroatoms. The zero-order valence-electron chi connectivity index (χ0n) is 10.9. The van der Waals surface area contributed by atoms with Crippen LogP contribution in [0.25, 0.3) is 0 Å². The van der Waals surface area contributed by atoms with E-state index in [2.05, 4.69) is 0 Å². The average Bonchev–Trinajstić information content (AvgIpc) is 2.84. The summed E-state index contributed by atoms with van der Waals surface area (Å²) in [6.07, 6.45) is 3.57. The topological polar surface area (TPSA) is 66.8 Å². The van der Waals surface area contributed by atoms with Gasteiger partial charge in [0.05, 0.1) is 5.41 Å². The number of carboxylic acids is 1. The second-order valence-corrected chi connectivity index (χ2v) is 5.30. The third-order valence-corrected chi connectivity index (χ3v) is 4.25. The van der Waals surface area contributed by atoms with E-state index in [1.165, 1.54) is 0 Å². The molecule has 2 saturated heterocycles. The van der Waals surface area contributed by atoms with Crippen molar-refractivity contribution in [3.8, 4) is 0 Å². The molecular formula is C13H21NO4. The van der Waals surface area contributed by atoms with Gasteiger partial charge < -0.3 is 14.7 Å². The van der Waals surface area contributed by atoms with Crippen LogP contribution in [0.4, 0.5) is 0 Å². The summed E-state index contributed by atoms with van der Waals surface area (Å²) in [6, 6.07) is 0. The second-order valence-electron chi connectivity index (χ2n) is 5.30. The van der Waals surface area contributed by atoms with Gasteiger partial charge in [-0.2, -0.15) is 0 Å². The summed E-state index contributed by atoms with van der Waals surface area (Å²) >= 11 is 0. The summed E-state index contributed by atoms with van der Waals surface area (Å²) in [4.78, 5) is 25.2. The Balaban J connectivity index is 1.99. The van der Waals surface area contributed by atoms with E-state index in [4.69, 9.17) is 4.74 Å². The van der Waals surface area contributed by atoms with Crippen LogP contribution in [0.3, 0.4) is 0 Å². The van der Waals surface area contributed by atoms with Crippen LogP contribution in [-0.4, -0.2) is 47.7 Å². The van der Waals surface area contributed by atoms with Crippen LogP contribution in [0.2, 0.25) is 0 Å². The van der Waals surface area contributed by atoms with Gasteiger partial charge in [-0.15, -0.1) is 0 Å². The van der Waals surface area contributed by atoms with Crippen molar-refractivity contribution in [1.29, 1.82) is 0 Å². The van der Waals surface area contributed by atoms with Gasteiger partial charge in [0, 0.05) is 19.7 Å². The first kappa shape index (κ1) is 13.3. The quantitative estimate of drug-likeness (QED) is 0.824. The van der Waals surface area contributed by atoms with Crippen molar-refractivity contribution >= 4 is 11.9 Å². The SMILES string of the molecule is CCC1(C(=O)O)CCN(C(=O)C2CCCCO2)C1. The zero-order chi connectivity index (χ0) is 13.2. The third kappa shape index (κ3) is 2.36. The number of ether oxygens (including phenoxy) is 1. The van der Waals surface area contributed by atoms with E-state index in [0.29, 0.717) is 32.5 Å². The lowest BCUT2D eigenvalue weighted by molar-refractivity contribution is -0.150. The molecule has 2 rings (SSSR count). The fourth-order valence-corrected chi connectivity index (χ4v) is 2.81. The van der Waals surface area contributed by atoms with Crippen LogP contribution in [0.5, 0.6) is 0 Å². The normalized spacial score (nSPS) is 32.5. The Morgan fingerprint density at radius 2 is 2.22 bits per heavy atom. The number of amides is 1. The fourth-order valence-electron chi connectivity index (χ4n) is 2.81. The summed E-state index contributed by atoms with van der Waals surface area (Å²) in [6.45, 7) is 3.39. The predicted molar refractivity (Wildman–Crippen MR) is 65.1 cm³/mol.